The third-order valence-electron chi connectivity index (χ3n) is 5.44. The first-order valence-electron chi connectivity index (χ1n) is 10.5. The number of pyridine rings is 2. The zero-order valence-electron chi connectivity index (χ0n) is 18.1. The number of nitriles is 1. The van der Waals surface area contributed by atoms with Crippen LogP contribution in [0.3, 0.4) is 0 Å². The van der Waals surface area contributed by atoms with Crippen molar-refractivity contribution in [3.8, 4) is 6.07 Å². The standard InChI is InChI=1S/C22H26FN7O2/c1-3-26-22(32)29-20-19(23)15(6-9-27-20)12-14-7-10-30(11-8-14)18-5-4-16(21(31)25-2)28-17(18)13-24/h4-6,9,14H,3,7-8,10-12H2,1-2H3,(H,25,31)(H2,26,27,29,32). The molecule has 0 saturated carbocycles. The van der Waals surface area contributed by atoms with Crippen LogP contribution in [0.15, 0.2) is 24.4 Å². The Kier molecular flexibility index (Phi) is 7.54. The van der Waals surface area contributed by atoms with Gasteiger partial charge in [-0.3, -0.25) is 10.1 Å². The van der Waals surface area contributed by atoms with E-state index in [0.29, 0.717) is 37.3 Å². The Morgan fingerprint density at radius 3 is 2.69 bits per heavy atom. The van der Waals surface area contributed by atoms with Gasteiger partial charge in [0.1, 0.15) is 11.8 Å². The molecule has 1 saturated heterocycles. The minimum Gasteiger partial charge on any atom is -0.369 e. The van der Waals surface area contributed by atoms with Gasteiger partial charge in [-0.2, -0.15) is 5.26 Å². The van der Waals surface area contributed by atoms with Crippen molar-refractivity contribution in [1.29, 1.82) is 5.26 Å². The van der Waals surface area contributed by atoms with E-state index >= 15 is 0 Å². The summed E-state index contributed by atoms with van der Waals surface area (Å²) in [6.45, 7) is 3.59. The van der Waals surface area contributed by atoms with Gasteiger partial charge in [-0.25, -0.2) is 19.2 Å². The van der Waals surface area contributed by atoms with Gasteiger partial charge in [-0.1, -0.05) is 0 Å². The molecule has 2 aromatic rings. The summed E-state index contributed by atoms with van der Waals surface area (Å²) in [6, 6.07) is 6.58. The third kappa shape index (κ3) is 5.29. The molecule has 10 heteroatoms. The zero-order chi connectivity index (χ0) is 23.1. The second kappa shape index (κ2) is 10.5. The Balaban J connectivity index is 1.64. The number of nitrogens with zero attached hydrogens (tertiary/aromatic N) is 4. The number of nitrogens with one attached hydrogen (secondary N) is 3. The first-order chi connectivity index (χ1) is 15.5. The Labute approximate surface area is 186 Å². The van der Waals surface area contributed by atoms with Crippen molar-refractivity contribution < 1.29 is 14.0 Å². The summed E-state index contributed by atoms with van der Waals surface area (Å²) in [5.41, 5.74) is 1.63. The summed E-state index contributed by atoms with van der Waals surface area (Å²) in [5.74, 6) is -0.676. The van der Waals surface area contributed by atoms with E-state index in [4.69, 9.17) is 0 Å². The number of carbonyl (C=O) groups excluding carboxylic acids is 2. The van der Waals surface area contributed by atoms with Crippen LogP contribution in [0.25, 0.3) is 0 Å². The van der Waals surface area contributed by atoms with Crippen LogP contribution in [0.2, 0.25) is 0 Å². The summed E-state index contributed by atoms with van der Waals surface area (Å²) < 4.78 is 14.8. The Bertz CT molecular complexity index is 1030. The van der Waals surface area contributed by atoms with Crippen molar-refractivity contribution in [2.45, 2.75) is 26.2 Å². The van der Waals surface area contributed by atoms with Gasteiger partial charge >= 0.3 is 6.03 Å². The average Bonchev–Trinajstić information content (AvgIpc) is 2.81. The molecule has 3 heterocycles. The molecule has 3 rings (SSSR count). The maximum absolute atomic E-state index is 14.8. The summed E-state index contributed by atoms with van der Waals surface area (Å²) in [4.78, 5) is 33.6. The van der Waals surface area contributed by atoms with Crippen molar-refractivity contribution in [3.05, 3.63) is 47.2 Å². The van der Waals surface area contributed by atoms with Gasteiger partial charge in [-0.15, -0.1) is 0 Å². The lowest BCUT2D eigenvalue weighted by Crippen LogP contribution is -2.35. The van der Waals surface area contributed by atoms with Gasteiger partial charge in [-0.05, 0) is 55.9 Å². The molecule has 3 N–H and O–H groups in total. The highest BCUT2D eigenvalue weighted by molar-refractivity contribution is 5.92. The van der Waals surface area contributed by atoms with Crippen LogP contribution < -0.4 is 20.9 Å². The molecule has 168 valence electrons. The molecular weight excluding hydrogens is 413 g/mol. The highest BCUT2D eigenvalue weighted by Crippen LogP contribution is 2.29. The molecule has 9 nitrogen and oxygen atoms in total. The molecule has 0 spiro atoms. The van der Waals surface area contributed by atoms with E-state index in [1.54, 1.807) is 25.1 Å². The molecule has 0 bridgehead atoms. The van der Waals surface area contributed by atoms with Gasteiger partial charge in [0.25, 0.3) is 5.91 Å². The van der Waals surface area contributed by atoms with Gasteiger partial charge in [0, 0.05) is 32.9 Å². The first kappa shape index (κ1) is 22.9. The molecule has 32 heavy (non-hydrogen) atoms. The number of hydrogen-bond acceptors (Lipinski definition) is 6. The van der Waals surface area contributed by atoms with Crippen molar-refractivity contribution >= 4 is 23.4 Å². The summed E-state index contributed by atoms with van der Waals surface area (Å²) in [5, 5.41) is 17.0. The van der Waals surface area contributed by atoms with E-state index < -0.39 is 11.8 Å². The molecule has 1 fully saturated rings. The van der Waals surface area contributed by atoms with Crippen LogP contribution in [0, 0.1) is 23.1 Å². The molecule has 1 aliphatic heterocycles. The third-order valence-corrected chi connectivity index (χ3v) is 5.44. The van der Waals surface area contributed by atoms with Crippen LogP contribution in [-0.4, -0.2) is 48.6 Å². The highest BCUT2D eigenvalue weighted by Gasteiger charge is 2.24. The van der Waals surface area contributed by atoms with Crippen molar-refractivity contribution in [3.63, 3.8) is 0 Å². The molecule has 0 radical (unpaired) electrons. The number of piperidine rings is 1. The molecular formula is C22H26FN7O2. The van der Waals surface area contributed by atoms with E-state index in [1.165, 1.54) is 13.2 Å². The number of hydrogen-bond donors (Lipinski definition) is 3. The summed E-state index contributed by atoms with van der Waals surface area (Å²) in [6.07, 6.45) is 3.64. The number of urea groups is 1. The first-order valence-corrected chi connectivity index (χ1v) is 10.5. The van der Waals surface area contributed by atoms with Crippen molar-refractivity contribution in [1.82, 2.24) is 20.6 Å². The van der Waals surface area contributed by atoms with Gasteiger partial charge in [0.2, 0.25) is 0 Å². The lowest BCUT2D eigenvalue weighted by Gasteiger charge is -2.34. The van der Waals surface area contributed by atoms with Crippen LogP contribution in [-0.2, 0) is 6.42 Å². The van der Waals surface area contributed by atoms with Crippen molar-refractivity contribution in [2.24, 2.45) is 5.92 Å². The normalized spacial score (nSPS) is 13.9. The minimum absolute atomic E-state index is 0.0770. The number of aromatic nitrogens is 2. The molecule has 0 unspecified atom stereocenters. The average molecular weight is 439 g/mol. The van der Waals surface area contributed by atoms with Gasteiger partial charge < -0.3 is 15.5 Å². The van der Waals surface area contributed by atoms with Crippen LogP contribution in [0.5, 0.6) is 0 Å². The maximum atomic E-state index is 14.8. The minimum atomic E-state index is -0.512. The monoisotopic (exact) mass is 439 g/mol. The van der Waals surface area contributed by atoms with Gasteiger partial charge in [0.15, 0.2) is 17.3 Å². The van der Waals surface area contributed by atoms with E-state index in [1.807, 2.05) is 0 Å². The maximum Gasteiger partial charge on any atom is 0.320 e. The molecule has 1 aliphatic rings. The predicted molar refractivity (Wildman–Crippen MR) is 118 cm³/mol. The molecule has 0 aromatic carbocycles. The number of rotatable bonds is 6. The summed E-state index contributed by atoms with van der Waals surface area (Å²) >= 11 is 0. The van der Waals surface area contributed by atoms with Crippen LogP contribution in [0.1, 0.15) is 41.5 Å². The Hall–Kier alpha value is -3.74. The zero-order valence-corrected chi connectivity index (χ0v) is 18.1. The van der Waals surface area contributed by atoms with E-state index in [0.717, 1.165) is 12.8 Å². The Morgan fingerprint density at radius 2 is 2.03 bits per heavy atom. The lowest BCUT2D eigenvalue weighted by atomic mass is 9.90. The largest absolute Gasteiger partial charge is 0.369 e. The number of amides is 3. The van der Waals surface area contributed by atoms with E-state index in [-0.39, 0.29) is 29.0 Å². The number of anilines is 2. The fraction of sp³-hybridized carbons (Fsp3) is 0.409. The molecule has 2 aromatic heterocycles. The lowest BCUT2D eigenvalue weighted by molar-refractivity contribution is 0.0958. The highest BCUT2D eigenvalue weighted by atomic mass is 19.1. The van der Waals surface area contributed by atoms with E-state index in [9.17, 15) is 19.2 Å². The fourth-order valence-corrected chi connectivity index (χ4v) is 3.77. The topological polar surface area (TPSA) is 123 Å². The Morgan fingerprint density at radius 1 is 1.28 bits per heavy atom. The summed E-state index contributed by atoms with van der Waals surface area (Å²) in [7, 11) is 1.51. The van der Waals surface area contributed by atoms with E-state index in [2.05, 4.69) is 36.9 Å². The SMILES string of the molecule is CCNC(=O)Nc1nccc(CC2CCN(c3ccc(C(=O)NC)nc3C#N)CC2)c1F. The fourth-order valence-electron chi connectivity index (χ4n) is 3.77. The second-order valence-corrected chi connectivity index (χ2v) is 7.51. The number of halogens is 1. The second-order valence-electron chi connectivity index (χ2n) is 7.51. The predicted octanol–water partition coefficient (Wildman–Crippen LogP) is 2.45. The van der Waals surface area contributed by atoms with Crippen LogP contribution in [0.4, 0.5) is 20.7 Å². The number of carbonyl (C=O) groups is 2. The van der Waals surface area contributed by atoms with Crippen LogP contribution >= 0.6 is 0 Å². The van der Waals surface area contributed by atoms with Gasteiger partial charge in [0.05, 0.1) is 5.69 Å². The molecule has 0 atom stereocenters. The smallest absolute Gasteiger partial charge is 0.320 e. The van der Waals surface area contributed by atoms with Crippen molar-refractivity contribution in [2.75, 3.05) is 36.9 Å². The quantitative estimate of drug-likeness (QED) is 0.635. The molecule has 0 aliphatic carbocycles. The molecule has 3 amide bonds.